The summed E-state index contributed by atoms with van der Waals surface area (Å²) in [5.41, 5.74) is 0. The lowest BCUT2D eigenvalue weighted by Crippen LogP contribution is -2.03. The van der Waals surface area contributed by atoms with Crippen molar-refractivity contribution in [2.45, 2.75) is 39.7 Å². The summed E-state index contributed by atoms with van der Waals surface area (Å²) in [6.07, 6.45) is 1.49. The Morgan fingerprint density at radius 2 is 2.00 bits per heavy atom. The first-order valence-corrected chi connectivity index (χ1v) is 4.46. The van der Waals surface area contributed by atoms with E-state index >= 15 is 0 Å². The van der Waals surface area contributed by atoms with Gasteiger partial charge < -0.3 is 14.9 Å². The van der Waals surface area contributed by atoms with Gasteiger partial charge in [-0.15, -0.1) is 0 Å². The molecule has 2 N–H and O–H groups in total. The summed E-state index contributed by atoms with van der Waals surface area (Å²) in [4.78, 5) is 10.1. The van der Waals surface area contributed by atoms with Gasteiger partial charge in [0, 0.05) is 6.92 Å². The second kappa shape index (κ2) is 11.4. The number of hydrogen-bond acceptors (Lipinski definition) is 4. The molecule has 0 rings (SSSR count). The number of aliphatic hydroxyl groups is 2. The molecule has 13 heavy (non-hydrogen) atoms. The van der Waals surface area contributed by atoms with E-state index in [1.54, 1.807) is 0 Å². The Morgan fingerprint density at radius 3 is 2.23 bits per heavy atom. The first kappa shape index (κ1) is 14.9. The topological polar surface area (TPSA) is 66.8 Å². The summed E-state index contributed by atoms with van der Waals surface area (Å²) in [7, 11) is 0. The van der Waals surface area contributed by atoms with Crippen molar-refractivity contribution < 1.29 is 19.7 Å². The Kier molecular flexibility index (Phi) is 13.0. The molecule has 0 aromatic heterocycles. The summed E-state index contributed by atoms with van der Waals surface area (Å²) in [6.45, 7) is 5.45. The number of aliphatic hydroxyl groups excluding tert-OH is 2. The maximum absolute atomic E-state index is 10.1. The third kappa shape index (κ3) is 24.6. The van der Waals surface area contributed by atoms with Gasteiger partial charge in [-0.25, -0.2) is 0 Å². The van der Waals surface area contributed by atoms with Crippen LogP contribution in [0.15, 0.2) is 0 Å². The van der Waals surface area contributed by atoms with Crippen LogP contribution in [-0.4, -0.2) is 35.5 Å². The minimum Gasteiger partial charge on any atom is -0.466 e. The van der Waals surface area contributed by atoms with Gasteiger partial charge in [0.15, 0.2) is 0 Å². The number of esters is 1. The van der Waals surface area contributed by atoms with Gasteiger partial charge in [-0.3, -0.25) is 4.79 Å². The molecule has 1 atom stereocenters. The molecule has 1 unspecified atom stereocenters. The molecule has 0 aliphatic rings. The van der Waals surface area contributed by atoms with Gasteiger partial charge in [-0.1, -0.05) is 13.3 Å². The van der Waals surface area contributed by atoms with Crippen LogP contribution in [0.5, 0.6) is 0 Å². The van der Waals surface area contributed by atoms with Crippen LogP contribution >= 0.6 is 0 Å². The highest BCUT2D eigenvalue weighted by molar-refractivity contribution is 5.65. The van der Waals surface area contributed by atoms with Crippen molar-refractivity contribution in [2.24, 2.45) is 0 Å². The Balaban J connectivity index is 0. The minimum atomic E-state index is -0.560. The number of rotatable bonds is 4. The first-order valence-electron chi connectivity index (χ1n) is 4.46. The maximum atomic E-state index is 10.1. The molecular formula is C9H20O4. The van der Waals surface area contributed by atoms with Gasteiger partial charge in [0.05, 0.1) is 19.3 Å². The van der Waals surface area contributed by atoms with E-state index in [9.17, 15) is 4.79 Å². The SMILES string of the molecule is CC(O)CO.CCCCOC(C)=O. The Hall–Kier alpha value is -0.610. The van der Waals surface area contributed by atoms with Gasteiger partial charge >= 0.3 is 5.97 Å². The van der Waals surface area contributed by atoms with Crippen LogP contribution in [0.4, 0.5) is 0 Å². The van der Waals surface area contributed by atoms with Crippen LogP contribution < -0.4 is 0 Å². The van der Waals surface area contributed by atoms with E-state index in [1.807, 2.05) is 0 Å². The average Bonchev–Trinajstić information content (AvgIpc) is 2.05. The molecule has 4 heteroatoms. The molecule has 0 spiro atoms. The molecule has 0 heterocycles. The van der Waals surface area contributed by atoms with Crippen LogP contribution in [0.3, 0.4) is 0 Å². The molecule has 0 bridgehead atoms. The summed E-state index contributed by atoms with van der Waals surface area (Å²) in [6, 6.07) is 0. The molecule has 0 amide bonds. The van der Waals surface area contributed by atoms with E-state index in [-0.39, 0.29) is 12.6 Å². The zero-order chi connectivity index (χ0) is 10.7. The molecule has 4 nitrogen and oxygen atoms in total. The Bertz CT molecular complexity index is 112. The molecule has 0 saturated heterocycles. The zero-order valence-electron chi connectivity index (χ0n) is 8.62. The molecule has 0 saturated carbocycles. The monoisotopic (exact) mass is 192 g/mol. The quantitative estimate of drug-likeness (QED) is 0.508. The molecule has 0 fully saturated rings. The molecule has 0 radical (unpaired) electrons. The van der Waals surface area contributed by atoms with Crippen molar-refractivity contribution in [3.05, 3.63) is 0 Å². The minimum absolute atomic E-state index is 0.139. The lowest BCUT2D eigenvalue weighted by molar-refractivity contribution is -0.141. The third-order valence-electron chi connectivity index (χ3n) is 1.07. The van der Waals surface area contributed by atoms with Gasteiger partial charge in [-0.05, 0) is 13.3 Å². The molecule has 80 valence electrons. The molecule has 0 aliphatic heterocycles. The summed E-state index contributed by atoms with van der Waals surface area (Å²) < 4.78 is 4.64. The third-order valence-corrected chi connectivity index (χ3v) is 1.07. The summed E-state index contributed by atoms with van der Waals surface area (Å²) >= 11 is 0. The molecule has 0 aromatic rings. The van der Waals surface area contributed by atoms with Crippen LogP contribution in [0.25, 0.3) is 0 Å². The van der Waals surface area contributed by atoms with Crippen LogP contribution in [0, 0.1) is 0 Å². The fourth-order valence-corrected chi connectivity index (χ4v) is 0.360. The fraction of sp³-hybridized carbons (Fsp3) is 0.889. The smallest absolute Gasteiger partial charge is 0.302 e. The number of unbranched alkanes of at least 4 members (excludes halogenated alkanes) is 1. The highest BCUT2D eigenvalue weighted by Gasteiger charge is 1.88. The lowest BCUT2D eigenvalue weighted by Gasteiger charge is -1.96. The number of carbonyl (C=O) groups is 1. The van der Waals surface area contributed by atoms with E-state index in [2.05, 4.69) is 11.7 Å². The van der Waals surface area contributed by atoms with Crippen molar-refractivity contribution in [3.8, 4) is 0 Å². The van der Waals surface area contributed by atoms with Gasteiger partial charge in [-0.2, -0.15) is 0 Å². The van der Waals surface area contributed by atoms with Crippen molar-refractivity contribution in [1.82, 2.24) is 0 Å². The van der Waals surface area contributed by atoms with Crippen molar-refractivity contribution in [2.75, 3.05) is 13.2 Å². The van der Waals surface area contributed by atoms with E-state index in [0.29, 0.717) is 6.61 Å². The largest absolute Gasteiger partial charge is 0.466 e. The first-order chi connectivity index (χ1) is 6.04. The lowest BCUT2D eigenvalue weighted by atomic mass is 10.4. The van der Waals surface area contributed by atoms with E-state index in [4.69, 9.17) is 10.2 Å². The highest BCUT2D eigenvalue weighted by Crippen LogP contribution is 1.86. The average molecular weight is 192 g/mol. The van der Waals surface area contributed by atoms with E-state index in [1.165, 1.54) is 13.8 Å². The van der Waals surface area contributed by atoms with Crippen molar-refractivity contribution in [3.63, 3.8) is 0 Å². The number of carbonyl (C=O) groups excluding carboxylic acids is 1. The van der Waals surface area contributed by atoms with Crippen LogP contribution in [0.2, 0.25) is 0 Å². The maximum Gasteiger partial charge on any atom is 0.302 e. The van der Waals surface area contributed by atoms with Gasteiger partial charge in [0.25, 0.3) is 0 Å². The fourth-order valence-electron chi connectivity index (χ4n) is 0.360. The second-order valence-electron chi connectivity index (χ2n) is 2.73. The zero-order valence-corrected chi connectivity index (χ0v) is 8.62. The molecule has 0 aliphatic carbocycles. The second-order valence-corrected chi connectivity index (χ2v) is 2.73. The highest BCUT2D eigenvalue weighted by atomic mass is 16.5. The number of hydrogen-bond donors (Lipinski definition) is 2. The normalized spacial score (nSPS) is 11.2. The standard InChI is InChI=1S/C6H12O2.C3H8O2/c1-3-4-5-8-6(2)7;1-3(5)2-4/h3-5H2,1-2H3;3-5H,2H2,1H3. The molecule has 0 aromatic carbocycles. The van der Waals surface area contributed by atoms with E-state index < -0.39 is 6.10 Å². The summed E-state index contributed by atoms with van der Waals surface area (Å²) in [5, 5.41) is 16.0. The predicted molar refractivity (Wildman–Crippen MR) is 50.3 cm³/mol. The summed E-state index contributed by atoms with van der Waals surface area (Å²) in [5.74, 6) is -0.182. The predicted octanol–water partition coefficient (Wildman–Crippen LogP) is 0.709. The Morgan fingerprint density at radius 1 is 1.54 bits per heavy atom. The van der Waals surface area contributed by atoms with Crippen molar-refractivity contribution in [1.29, 1.82) is 0 Å². The van der Waals surface area contributed by atoms with Crippen LogP contribution in [0.1, 0.15) is 33.6 Å². The Labute approximate surface area is 79.5 Å². The van der Waals surface area contributed by atoms with Gasteiger partial charge in [0.1, 0.15) is 0 Å². The number of ether oxygens (including phenoxy) is 1. The van der Waals surface area contributed by atoms with Gasteiger partial charge in [0.2, 0.25) is 0 Å². The van der Waals surface area contributed by atoms with Crippen LogP contribution in [-0.2, 0) is 9.53 Å². The van der Waals surface area contributed by atoms with Crippen molar-refractivity contribution >= 4 is 5.97 Å². The molecular weight excluding hydrogens is 172 g/mol. The van der Waals surface area contributed by atoms with E-state index in [0.717, 1.165) is 12.8 Å².